The number of hydrogen-bond donors (Lipinski definition) is 1. The summed E-state index contributed by atoms with van der Waals surface area (Å²) in [5, 5.41) is 7.54. The Hall–Kier alpha value is -2.58. The van der Waals surface area contributed by atoms with Crippen LogP contribution >= 0.6 is 11.6 Å². The number of nitrogens with one attached hydrogen (secondary N) is 1. The summed E-state index contributed by atoms with van der Waals surface area (Å²) in [4.78, 5) is 20.1. The minimum atomic E-state index is -0.375. The van der Waals surface area contributed by atoms with Gasteiger partial charge in [0.1, 0.15) is 5.02 Å². The molecular weight excluding hydrogens is 404 g/mol. The van der Waals surface area contributed by atoms with E-state index in [-0.39, 0.29) is 16.6 Å². The normalized spacial score (nSPS) is 17.0. The van der Waals surface area contributed by atoms with Gasteiger partial charge in [-0.15, -0.1) is 0 Å². The lowest BCUT2D eigenvalue weighted by molar-refractivity contribution is 0.102. The van der Waals surface area contributed by atoms with Crippen molar-refractivity contribution in [3.8, 4) is 5.88 Å². The maximum absolute atomic E-state index is 13.0. The Balaban J connectivity index is 1.41. The van der Waals surface area contributed by atoms with Crippen molar-refractivity contribution in [2.45, 2.75) is 38.8 Å². The molecule has 30 heavy (non-hydrogen) atoms. The second-order valence-corrected chi connectivity index (χ2v) is 8.20. The molecule has 0 atom stereocenters. The molecule has 3 aromatic rings. The molecule has 0 radical (unpaired) electrons. The van der Waals surface area contributed by atoms with Gasteiger partial charge in [-0.1, -0.05) is 30.2 Å². The number of carbonyl (C=O) groups excluding carboxylic acids is 1. The summed E-state index contributed by atoms with van der Waals surface area (Å²) in [5.74, 6) is 0.605. The lowest BCUT2D eigenvalue weighted by Gasteiger charge is -2.26. The number of benzene rings is 1. The second-order valence-electron chi connectivity index (χ2n) is 7.83. The Bertz CT molecular complexity index is 1070. The zero-order valence-corrected chi connectivity index (χ0v) is 17.6. The summed E-state index contributed by atoms with van der Waals surface area (Å²) in [6.07, 6.45) is 4.66. The lowest BCUT2D eigenvalue weighted by Crippen LogP contribution is -2.32. The number of halogens is 1. The number of carbonyl (C=O) groups is 1. The number of anilines is 1. The van der Waals surface area contributed by atoms with E-state index in [2.05, 4.69) is 24.9 Å². The molecule has 1 fully saturated rings. The summed E-state index contributed by atoms with van der Waals surface area (Å²) >= 11 is 6.38. The molecule has 1 amide bonds. The van der Waals surface area contributed by atoms with E-state index < -0.39 is 0 Å². The summed E-state index contributed by atoms with van der Waals surface area (Å²) in [6, 6.07) is 7.93. The van der Waals surface area contributed by atoms with Crippen LogP contribution in [0.3, 0.4) is 0 Å². The smallest absolute Gasteiger partial charge is 0.280 e. The van der Waals surface area contributed by atoms with E-state index in [0.29, 0.717) is 25.0 Å². The zero-order chi connectivity index (χ0) is 20.5. The van der Waals surface area contributed by atoms with Gasteiger partial charge in [-0.3, -0.25) is 10.1 Å². The third-order valence-electron chi connectivity index (χ3n) is 5.79. The van der Waals surface area contributed by atoms with Crippen molar-refractivity contribution in [2.24, 2.45) is 0 Å². The Labute approximate surface area is 179 Å². The predicted molar refractivity (Wildman–Crippen MR) is 115 cm³/mol. The van der Waals surface area contributed by atoms with Gasteiger partial charge in [0.2, 0.25) is 11.8 Å². The number of ether oxygens (including phenoxy) is 1. The Morgan fingerprint density at radius 3 is 2.77 bits per heavy atom. The zero-order valence-electron chi connectivity index (χ0n) is 16.8. The van der Waals surface area contributed by atoms with Gasteiger partial charge in [0.05, 0.1) is 17.6 Å². The molecule has 0 saturated carbocycles. The summed E-state index contributed by atoms with van der Waals surface area (Å²) in [6.45, 7) is 5.22. The van der Waals surface area contributed by atoms with Crippen LogP contribution in [0, 0.1) is 0 Å². The first-order valence-corrected chi connectivity index (χ1v) is 11.0. The van der Waals surface area contributed by atoms with Crippen LogP contribution in [0.5, 0.6) is 5.88 Å². The molecule has 1 N–H and O–H groups in total. The maximum atomic E-state index is 13.0. The van der Waals surface area contributed by atoms with Crippen LogP contribution in [-0.2, 0) is 13.1 Å². The van der Waals surface area contributed by atoms with Crippen molar-refractivity contribution in [1.29, 1.82) is 0 Å². The van der Waals surface area contributed by atoms with E-state index in [0.717, 1.165) is 43.6 Å². The first-order chi connectivity index (χ1) is 14.7. The highest BCUT2D eigenvalue weighted by molar-refractivity contribution is 6.35. The molecule has 1 aromatic carbocycles. The van der Waals surface area contributed by atoms with Gasteiger partial charge < -0.3 is 14.2 Å². The van der Waals surface area contributed by atoms with E-state index in [9.17, 15) is 4.79 Å². The number of likely N-dealkylation sites (tertiary alicyclic amines) is 1. The third kappa shape index (κ3) is 3.65. The first-order valence-electron chi connectivity index (χ1n) is 10.6. The highest BCUT2D eigenvalue weighted by Gasteiger charge is 2.26. The molecule has 8 nitrogen and oxygen atoms in total. The van der Waals surface area contributed by atoms with Crippen molar-refractivity contribution < 1.29 is 9.53 Å². The largest absolute Gasteiger partial charge is 0.477 e. The molecule has 158 valence electrons. The Morgan fingerprint density at radius 2 is 1.93 bits per heavy atom. The van der Waals surface area contributed by atoms with Crippen LogP contribution < -0.4 is 10.1 Å². The van der Waals surface area contributed by atoms with Crippen molar-refractivity contribution >= 4 is 34.5 Å². The van der Waals surface area contributed by atoms with Gasteiger partial charge in [0.15, 0.2) is 5.69 Å². The number of fused-ring (bicyclic) bond motifs is 2. The van der Waals surface area contributed by atoms with Crippen molar-refractivity contribution in [3.63, 3.8) is 0 Å². The minimum Gasteiger partial charge on any atom is -0.477 e. The molecule has 0 aliphatic carbocycles. The first kappa shape index (κ1) is 19.4. The molecule has 2 aliphatic heterocycles. The maximum Gasteiger partial charge on any atom is 0.280 e. The molecule has 1 saturated heterocycles. The number of aryl methyl sites for hydroxylation is 1. The standard InChI is InChI=1S/C21H25ClN6O2/c22-17-18(25-28-11-6-14-30-20(17)28)19(29)24-21-23-15-7-2-3-8-16(15)27(21)13-12-26-9-4-1-5-10-26/h2-3,7-8H,1,4-6,9-14H2,(H,23,24,29). The number of nitrogens with zero attached hydrogens (tertiary/aromatic N) is 5. The van der Waals surface area contributed by atoms with E-state index in [1.54, 1.807) is 4.68 Å². The summed E-state index contributed by atoms with van der Waals surface area (Å²) in [5.41, 5.74) is 2.02. The van der Waals surface area contributed by atoms with Crippen LogP contribution in [0.15, 0.2) is 24.3 Å². The Kier molecular flexibility index (Phi) is 5.35. The fourth-order valence-corrected chi connectivity index (χ4v) is 4.50. The summed E-state index contributed by atoms with van der Waals surface area (Å²) in [7, 11) is 0. The highest BCUT2D eigenvalue weighted by atomic mass is 35.5. The number of aromatic nitrogens is 4. The highest BCUT2D eigenvalue weighted by Crippen LogP contribution is 2.31. The van der Waals surface area contributed by atoms with Crippen molar-refractivity contribution in [2.75, 3.05) is 31.6 Å². The van der Waals surface area contributed by atoms with Gasteiger partial charge in [0.25, 0.3) is 5.91 Å². The fourth-order valence-electron chi connectivity index (χ4n) is 4.22. The van der Waals surface area contributed by atoms with Gasteiger partial charge >= 0.3 is 0 Å². The minimum absolute atomic E-state index is 0.170. The molecule has 4 heterocycles. The van der Waals surface area contributed by atoms with E-state index in [1.807, 2.05) is 24.3 Å². The second kappa shape index (κ2) is 8.28. The number of amides is 1. The lowest BCUT2D eigenvalue weighted by atomic mass is 10.1. The van der Waals surface area contributed by atoms with E-state index in [4.69, 9.17) is 16.3 Å². The fraction of sp³-hybridized carbons (Fsp3) is 0.476. The van der Waals surface area contributed by atoms with Crippen LogP contribution in [-0.4, -0.2) is 56.4 Å². The molecule has 5 rings (SSSR count). The number of imidazole rings is 1. The SMILES string of the molecule is O=C(Nc1nc2ccccc2n1CCN1CCCCC1)c1nn2c(c1Cl)OCCC2. The molecule has 2 aromatic heterocycles. The molecule has 2 aliphatic rings. The number of rotatable bonds is 5. The van der Waals surface area contributed by atoms with Crippen molar-refractivity contribution in [3.05, 3.63) is 35.0 Å². The number of para-hydroxylation sites is 2. The monoisotopic (exact) mass is 428 g/mol. The average molecular weight is 429 g/mol. The van der Waals surface area contributed by atoms with E-state index >= 15 is 0 Å². The van der Waals surface area contributed by atoms with Gasteiger partial charge in [-0.25, -0.2) is 9.67 Å². The van der Waals surface area contributed by atoms with Crippen molar-refractivity contribution in [1.82, 2.24) is 24.2 Å². The number of piperidine rings is 1. The van der Waals surface area contributed by atoms with Crippen LogP contribution in [0.4, 0.5) is 5.95 Å². The van der Waals surface area contributed by atoms with Crippen LogP contribution in [0.1, 0.15) is 36.2 Å². The van der Waals surface area contributed by atoms with E-state index in [1.165, 1.54) is 19.3 Å². The molecule has 0 unspecified atom stereocenters. The molecule has 0 bridgehead atoms. The number of hydrogen-bond acceptors (Lipinski definition) is 5. The third-order valence-corrected chi connectivity index (χ3v) is 6.13. The van der Waals surface area contributed by atoms with Gasteiger partial charge in [-0.05, 0) is 38.1 Å². The predicted octanol–water partition coefficient (Wildman–Crippen LogP) is 3.41. The Morgan fingerprint density at radius 1 is 1.10 bits per heavy atom. The topological polar surface area (TPSA) is 77.2 Å². The van der Waals surface area contributed by atoms with Crippen LogP contribution in [0.2, 0.25) is 5.02 Å². The summed E-state index contributed by atoms with van der Waals surface area (Å²) < 4.78 is 9.30. The molecule has 0 spiro atoms. The quantitative estimate of drug-likeness (QED) is 0.673. The molecule has 9 heteroatoms. The molecular formula is C21H25ClN6O2. The van der Waals surface area contributed by atoms with Crippen LogP contribution in [0.25, 0.3) is 11.0 Å². The van der Waals surface area contributed by atoms with Gasteiger partial charge in [-0.2, -0.15) is 5.10 Å². The average Bonchev–Trinajstić information content (AvgIpc) is 3.30. The van der Waals surface area contributed by atoms with Gasteiger partial charge in [0, 0.05) is 26.1 Å².